The van der Waals surface area contributed by atoms with Gasteiger partial charge in [0.25, 0.3) is 0 Å². The molecule has 188 valence electrons. The van der Waals surface area contributed by atoms with Crippen LogP contribution in [0, 0.1) is 12.8 Å². The van der Waals surface area contributed by atoms with Crippen LogP contribution in [0.2, 0.25) is 0 Å². The smallest absolute Gasteiger partial charge is 0.408 e. The van der Waals surface area contributed by atoms with Gasteiger partial charge >= 0.3 is 6.09 Å². The minimum Gasteiger partial charge on any atom is -0.444 e. The van der Waals surface area contributed by atoms with Gasteiger partial charge in [-0.2, -0.15) is 0 Å². The van der Waals surface area contributed by atoms with Gasteiger partial charge in [0.05, 0.1) is 21.4 Å². The average Bonchev–Trinajstić information content (AvgIpc) is 3.15. The standard InChI is InChI=1S/C30H34BrN3O2/c1-19-16-24(31)27-32-25(26(34(27)18-19)21-10-7-6-8-11-21)23-13-12-22(17-20(23)2)30(14-9-15-30)33-28(35)36-29(3,4)5/h6-8,10-13,16,18,20H,9,14-15,17H2,1-5H3,(H,33,35). The van der Waals surface area contributed by atoms with Gasteiger partial charge in [-0.15, -0.1) is 0 Å². The van der Waals surface area contributed by atoms with Gasteiger partial charge in [0, 0.05) is 11.8 Å². The molecule has 3 aromatic rings. The Morgan fingerprint density at radius 1 is 1.19 bits per heavy atom. The molecule has 1 aromatic carbocycles. The number of aryl methyl sites for hydroxylation is 1. The van der Waals surface area contributed by atoms with Crippen molar-refractivity contribution >= 4 is 33.2 Å². The maximum absolute atomic E-state index is 12.6. The Kier molecular flexibility index (Phi) is 6.36. The lowest BCUT2D eigenvalue weighted by atomic mass is 9.67. The van der Waals surface area contributed by atoms with Crippen molar-refractivity contribution in [1.29, 1.82) is 0 Å². The third kappa shape index (κ3) is 4.63. The van der Waals surface area contributed by atoms with E-state index in [0.717, 1.165) is 52.8 Å². The van der Waals surface area contributed by atoms with E-state index in [2.05, 4.69) is 88.2 Å². The van der Waals surface area contributed by atoms with E-state index >= 15 is 0 Å². The molecule has 1 N–H and O–H groups in total. The zero-order valence-electron chi connectivity index (χ0n) is 21.7. The molecule has 1 fully saturated rings. The fourth-order valence-corrected chi connectivity index (χ4v) is 6.03. The molecular weight excluding hydrogens is 514 g/mol. The Morgan fingerprint density at radius 3 is 2.53 bits per heavy atom. The maximum atomic E-state index is 12.6. The first-order valence-corrected chi connectivity index (χ1v) is 13.5. The number of nitrogens with zero attached hydrogens (tertiary/aromatic N) is 2. The molecule has 2 aromatic heterocycles. The minimum absolute atomic E-state index is 0.259. The number of hydrogen-bond donors (Lipinski definition) is 1. The molecule has 6 heteroatoms. The molecule has 1 amide bonds. The van der Waals surface area contributed by atoms with Crippen LogP contribution < -0.4 is 5.32 Å². The lowest BCUT2D eigenvalue weighted by molar-refractivity contribution is 0.0417. The van der Waals surface area contributed by atoms with Crippen molar-refractivity contribution in [2.45, 2.75) is 71.4 Å². The van der Waals surface area contributed by atoms with E-state index in [1.54, 1.807) is 0 Å². The molecule has 1 saturated carbocycles. The monoisotopic (exact) mass is 547 g/mol. The Balaban J connectivity index is 1.56. The first kappa shape index (κ1) is 24.8. The number of carbonyl (C=O) groups excluding carboxylic acids is 1. The highest BCUT2D eigenvalue weighted by atomic mass is 79.9. The Labute approximate surface area is 221 Å². The summed E-state index contributed by atoms with van der Waals surface area (Å²) < 4.78 is 8.78. The lowest BCUT2D eigenvalue weighted by Crippen LogP contribution is -2.56. The summed E-state index contributed by atoms with van der Waals surface area (Å²) in [6.45, 7) is 10.1. The number of benzene rings is 1. The van der Waals surface area contributed by atoms with Crippen molar-refractivity contribution in [1.82, 2.24) is 14.7 Å². The van der Waals surface area contributed by atoms with E-state index in [-0.39, 0.29) is 17.6 Å². The van der Waals surface area contributed by atoms with Gasteiger partial charge in [0.1, 0.15) is 5.60 Å². The van der Waals surface area contributed by atoms with Crippen molar-refractivity contribution in [2.24, 2.45) is 5.92 Å². The van der Waals surface area contributed by atoms with Crippen molar-refractivity contribution in [3.05, 3.63) is 76.1 Å². The number of aromatic nitrogens is 2. The molecule has 1 atom stereocenters. The van der Waals surface area contributed by atoms with Gasteiger partial charge in [-0.05, 0) is 98.0 Å². The van der Waals surface area contributed by atoms with E-state index in [9.17, 15) is 4.79 Å². The molecule has 0 radical (unpaired) electrons. The Bertz CT molecular complexity index is 1370. The first-order valence-electron chi connectivity index (χ1n) is 12.7. The fourth-order valence-electron chi connectivity index (χ4n) is 5.39. The van der Waals surface area contributed by atoms with Crippen molar-refractivity contribution < 1.29 is 9.53 Å². The van der Waals surface area contributed by atoms with Crippen LogP contribution in [0.15, 0.2) is 64.8 Å². The molecule has 1 unspecified atom stereocenters. The zero-order chi connectivity index (χ0) is 25.7. The van der Waals surface area contributed by atoms with Crippen LogP contribution in [0.5, 0.6) is 0 Å². The molecule has 0 spiro atoms. The number of nitrogens with one attached hydrogen (secondary N) is 1. The van der Waals surface area contributed by atoms with Crippen LogP contribution in [0.1, 0.15) is 64.6 Å². The van der Waals surface area contributed by atoms with Gasteiger partial charge in [-0.1, -0.05) is 49.4 Å². The van der Waals surface area contributed by atoms with E-state index in [1.807, 2.05) is 26.8 Å². The van der Waals surface area contributed by atoms with Gasteiger partial charge in [-0.25, -0.2) is 9.78 Å². The van der Waals surface area contributed by atoms with Crippen LogP contribution in [-0.4, -0.2) is 26.6 Å². The number of imidazole rings is 1. The minimum atomic E-state index is -0.514. The highest BCUT2D eigenvalue weighted by molar-refractivity contribution is 9.10. The zero-order valence-corrected chi connectivity index (χ0v) is 23.3. The van der Waals surface area contributed by atoms with Gasteiger partial charge < -0.3 is 10.1 Å². The Hall–Kier alpha value is -2.86. The van der Waals surface area contributed by atoms with Gasteiger partial charge in [0.15, 0.2) is 5.65 Å². The highest BCUT2D eigenvalue weighted by Crippen LogP contribution is 2.46. The molecule has 5 rings (SSSR count). The summed E-state index contributed by atoms with van der Waals surface area (Å²) >= 11 is 3.74. The van der Waals surface area contributed by atoms with E-state index in [4.69, 9.17) is 9.72 Å². The van der Waals surface area contributed by atoms with Crippen LogP contribution >= 0.6 is 15.9 Å². The second-order valence-corrected chi connectivity index (χ2v) is 12.1. The molecule has 2 heterocycles. The molecule has 5 nitrogen and oxygen atoms in total. The quantitative estimate of drug-likeness (QED) is 0.361. The number of hydrogen-bond acceptors (Lipinski definition) is 3. The summed E-state index contributed by atoms with van der Waals surface area (Å²) in [5.41, 5.74) is 7.02. The number of fused-ring (bicyclic) bond motifs is 1. The number of carbonyl (C=O) groups is 1. The predicted molar refractivity (Wildman–Crippen MR) is 149 cm³/mol. The number of alkyl carbamates (subject to hydrolysis) is 1. The number of pyridine rings is 1. The number of amides is 1. The lowest BCUT2D eigenvalue weighted by Gasteiger charge is -2.46. The topological polar surface area (TPSA) is 55.6 Å². The maximum Gasteiger partial charge on any atom is 0.408 e. The van der Waals surface area contributed by atoms with Crippen LogP contribution in [0.25, 0.3) is 22.5 Å². The van der Waals surface area contributed by atoms with Crippen molar-refractivity contribution in [2.75, 3.05) is 0 Å². The summed E-state index contributed by atoms with van der Waals surface area (Å²) in [5.74, 6) is 0.259. The number of rotatable bonds is 4. The molecular formula is C30H34BrN3O2. The molecule has 36 heavy (non-hydrogen) atoms. The summed E-state index contributed by atoms with van der Waals surface area (Å²) in [5, 5.41) is 3.22. The fraction of sp³-hybridized carbons (Fsp3) is 0.400. The molecule has 2 aliphatic rings. The van der Waals surface area contributed by atoms with Crippen LogP contribution in [-0.2, 0) is 4.74 Å². The van der Waals surface area contributed by atoms with Gasteiger partial charge in [0.2, 0.25) is 0 Å². The summed E-state index contributed by atoms with van der Waals surface area (Å²) in [7, 11) is 0. The second-order valence-electron chi connectivity index (χ2n) is 11.2. The normalized spacial score (nSPS) is 19.3. The Morgan fingerprint density at radius 2 is 1.92 bits per heavy atom. The van der Waals surface area contributed by atoms with Crippen molar-refractivity contribution in [3.63, 3.8) is 0 Å². The van der Waals surface area contributed by atoms with E-state index < -0.39 is 5.60 Å². The van der Waals surface area contributed by atoms with Crippen LogP contribution in [0.4, 0.5) is 4.79 Å². The van der Waals surface area contributed by atoms with Crippen molar-refractivity contribution in [3.8, 4) is 11.3 Å². The van der Waals surface area contributed by atoms with Gasteiger partial charge in [-0.3, -0.25) is 4.40 Å². The number of ether oxygens (including phenoxy) is 1. The van der Waals surface area contributed by atoms with E-state index in [1.165, 1.54) is 16.7 Å². The molecule has 0 saturated heterocycles. The summed E-state index contributed by atoms with van der Waals surface area (Å²) in [6, 6.07) is 12.6. The number of allylic oxidation sites excluding steroid dienone is 3. The SMILES string of the molecule is Cc1cc(Br)c2nc(C3=CC=C(C4(NC(=O)OC(C)(C)C)CCC4)CC3C)c(-c3ccccc3)n2c1. The second kappa shape index (κ2) is 9.22. The summed E-state index contributed by atoms with van der Waals surface area (Å²) in [6.07, 6.45) is 10.1. The third-order valence-corrected chi connectivity index (χ3v) is 7.80. The third-order valence-electron chi connectivity index (χ3n) is 7.22. The number of halogens is 1. The largest absolute Gasteiger partial charge is 0.444 e. The average molecular weight is 549 g/mol. The highest BCUT2D eigenvalue weighted by Gasteiger charge is 2.44. The van der Waals surface area contributed by atoms with E-state index in [0.29, 0.717) is 0 Å². The first-order chi connectivity index (χ1) is 17.1. The predicted octanol–water partition coefficient (Wildman–Crippen LogP) is 7.87. The molecule has 0 bridgehead atoms. The molecule has 2 aliphatic carbocycles. The van der Waals surface area contributed by atoms with Crippen LogP contribution in [0.3, 0.4) is 0 Å². The molecule has 0 aliphatic heterocycles. The summed E-state index contributed by atoms with van der Waals surface area (Å²) in [4.78, 5) is 17.8.